The maximum Gasteiger partial charge on any atom is 0.335 e. The molecule has 0 aromatic carbocycles. The number of unbranched alkanes of at least 4 members (excludes halogenated alkanes) is 2. The minimum atomic E-state index is -0.369. The zero-order valence-electron chi connectivity index (χ0n) is 9.54. The summed E-state index contributed by atoms with van der Waals surface area (Å²) in [6, 6.07) is 0. The lowest BCUT2D eigenvalue weighted by molar-refractivity contribution is -0.157. The van der Waals surface area contributed by atoms with E-state index < -0.39 is 0 Å². The molecule has 0 N–H and O–H groups in total. The van der Waals surface area contributed by atoms with Crippen LogP contribution in [-0.2, 0) is 14.3 Å². The maximum absolute atomic E-state index is 11.3. The Hall–Kier alpha value is -0.570. The second-order valence-electron chi connectivity index (χ2n) is 3.23. The number of rotatable bonds is 8. The molecule has 14 heavy (non-hydrogen) atoms. The first kappa shape index (κ1) is 13.4. The van der Waals surface area contributed by atoms with Crippen molar-refractivity contribution in [1.82, 2.24) is 0 Å². The molecule has 0 aromatic heterocycles. The van der Waals surface area contributed by atoms with E-state index in [9.17, 15) is 4.79 Å². The van der Waals surface area contributed by atoms with Crippen LogP contribution in [0.3, 0.4) is 0 Å². The molecule has 0 aliphatic rings. The summed E-state index contributed by atoms with van der Waals surface area (Å²) in [4.78, 5) is 11.3. The molecule has 0 radical (unpaired) electrons. The molecule has 0 aliphatic heterocycles. The third-order valence-electron chi connectivity index (χ3n) is 1.99. The van der Waals surface area contributed by atoms with Gasteiger partial charge in [-0.15, -0.1) is 0 Å². The summed E-state index contributed by atoms with van der Waals surface area (Å²) < 4.78 is 10.3. The zero-order chi connectivity index (χ0) is 10.8. The largest absolute Gasteiger partial charge is 0.464 e. The number of carbonyl (C=O) groups excluding carboxylic acids is 1. The molecule has 0 saturated carbocycles. The molecule has 3 heteroatoms. The molecule has 0 rings (SSSR count). The lowest BCUT2D eigenvalue weighted by atomic mass is 10.2. The van der Waals surface area contributed by atoms with Gasteiger partial charge in [-0.25, -0.2) is 4.79 Å². The van der Waals surface area contributed by atoms with Gasteiger partial charge < -0.3 is 9.47 Å². The minimum absolute atomic E-state index is 0.230. The van der Waals surface area contributed by atoms with Crippen molar-refractivity contribution in [1.29, 1.82) is 0 Å². The highest BCUT2D eigenvalue weighted by Crippen LogP contribution is 2.03. The first-order chi connectivity index (χ1) is 6.76. The highest BCUT2D eigenvalue weighted by Gasteiger charge is 2.17. The van der Waals surface area contributed by atoms with Crippen LogP contribution in [0.4, 0.5) is 0 Å². The summed E-state index contributed by atoms with van der Waals surface area (Å²) in [5.41, 5.74) is 0. The molecule has 0 heterocycles. The quantitative estimate of drug-likeness (QED) is 0.448. The van der Waals surface area contributed by atoms with Crippen LogP contribution < -0.4 is 0 Å². The first-order valence-electron chi connectivity index (χ1n) is 5.54. The second kappa shape index (κ2) is 9.00. The molecule has 1 atom stereocenters. The van der Waals surface area contributed by atoms with Gasteiger partial charge in [0, 0.05) is 6.61 Å². The predicted octanol–water partition coefficient (Wildman–Crippen LogP) is 2.53. The Morgan fingerprint density at radius 1 is 1.21 bits per heavy atom. The van der Waals surface area contributed by atoms with Crippen LogP contribution in [0.5, 0.6) is 0 Å². The van der Waals surface area contributed by atoms with Crippen molar-refractivity contribution in [2.75, 3.05) is 13.2 Å². The van der Waals surface area contributed by atoms with Crippen molar-refractivity contribution in [2.24, 2.45) is 0 Å². The van der Waals surface area contributed by atoms with Gasteiger partial charge in [-0.1, -0.05) is 26.7 Å². The summed E-state index contributed by atoms with van der Waals surface area (Å²) in [6.07, 6.45) is 3.66. The summed E-state index contributed by atoms with van der Waals surface area (Å²) in [5, 5.41) is 0. The molecule has 1 unspecified atom stereocenters. The van der Waals surface area contributed by atoms with Crippen LogP contribution in [-0.4, -0.2) is 25.3 Å². The van der Waals surface area contributed by atoms with E-state index in [1.54, 1.807) is 0 Å². The fraction of sp³-hybridized carbons (Fsp3) is 0.909. The molecule has 3 nitrogen and oxygen atoms in total. The number of hydrogen-bond acceptors (Lipinski definition) is 3. The number of esters is 1. The Labute approximate surface area is 86.8 Å². The van der Waals surface area contributed by atoms with E-state index >= 15 is 0 Å². The standard InChI is InChI=1S/C11H22O3/c1-4-7-8-9-14-10(5-2)11(12)13-6-3/h10H,4-9H2,1-3H3. The van der Waals surface area contributed by atoms with Crippen molar-refractivity contribution < 1.29 is 14.3 Å². The molecule has 0 spiro atoms. The van der Waals surface area contributed by atoms with Crippen molar-refractivity contribution in [2.45, 2.75) is 52.6 Å². The van der Waals surface area contributed by atoms with E-state index in [4.69, 9.17) is 9.47 Å². The highest BCUT2D eigenvalue weighted by molar-refractivity contribution is 5.74. The maximum atomic E-state index is 11.3. The fourth-order valence-electron chi connectivity index (χ4n) is 1.17. The van der Waals surface area contributed by atoms with E-state index in [1.807, 2.05) is 13.8 Å². The van der Waals surface area contributed by atoms with Crippen molar-refractivity contribution in [3.8, 4) is 0 Å². The minimum Gasteiger partial charge on any atom is -0.464 e. The van der Waals surface area contributed by atoms with Crippen molar-refractivity contribution >= 4 is 5.97 Å². The third-order valence-corrected chi connectivity index (χ3v) is 1.99. The SMILES string of the molecule is CCCCCOC(CC)C(=O)OCC. The van der Waals surface area contributed by atoms with Crippen LogP contribution in [0.15, 0.2) is 0 Å². The fourth-order valence-corrected chi connectivity index (χ4v) is 1.17. The average molecular weight is 202 g/mol. The van der Waals surface area contributed by atoms with Gasteiger partial charge in [0.15, 0.2) is 6.10 Å². The first-order valence-corrected chi connectivity index (χ1v) is 5.54. The molecule has 84 valence electrons. The number of hydrogen-bond donors (Lipinski definition) is 0. The van der Waals surface area contributed by atoms with Crippen LogP contribution >= 0.6 is 0 Å². The molecule has 0 saturated heterocycles. The molecule has 0 amide bonds. The normalized spacial score (nSPS) is 12.5. The second-order valence-corrected chi connectivity index (χ2v) is 3.23. The molecule has 0 aliphatic carbocycles. The van der Waals surface area contributed by atoms with Crippen molar-refractivity contribution in [3.05, 3.63) is 0 Å². The van der Waals surface area contributed by atoms with Gasteiger partial charge >= 0.3 is 5.97 Å². The topological polar surface area (TPSA) is 35.5 Å². The Kier molecular flexibility index (Phi) is 8.64. The predicted molar refractivity (Wildman–Crippen MR) is 56.2 cm³/mol. The molecular weight excluding hydrogens is 180 g/mol. The summed E-state index contributed by atoms with van der Waals surface area (Å²) in [5.74, 6) is -0.230. The average Bonchev–Trinajstić information content (AvgIpc) is 2.18. The van der Waals surface area contributed by atoms with E-state index in [0.717, 1.165) is 12.8 Å². The Morgan fingerprint density at radius 3 is 2.43 bits per heavy atom. The van der Waals surface area contributed by atoms with Crippen LogP contribution in [0.2, 0.25) is 0 Å². The Balaban J connectivity index is 3.62. The zero-order valence-corrected chi connectivity index (χ0v) is 9.54. The highest BCUT2D eigenvalue weighted by atomic mass is 16.6. The van der Waals surface area contributed by atoms with Crippen LogP contribution in [0.1, 0.15) is 46.5 Å². The Morgan fingerprint density at radius 2 is 1.93 bits per heavy atom. The summed E-state index contributed by atoms with van der Waals surface area (Å²) in [6.45, 7) is 6.96. The molecular formula is C11H22O3. The summed E-state index contributed by atoms with van der Waals surface area (Å²) in [7, 11) is 0. The van der Waals surface area contributed by atoms with Crippen molar-refractivity contribution in [3.63, 3.8) is 0 Å². The molecule has 0 aromatic rings. The van der Waals surface area contributed by atoms with Gasteiger partial charge in [0.05, 0.1) is 6.61 Å². The molecule has 0 fully saturated rings. The van der Waals surface area contributed by atoms with Gasteiger partial charge in [0.2, 0.25) is 0 Å². The van der Waals surface area contributed by atoms with Crippen LogP contribution in [0.25, 0.3) is 0 Å². The van der Waals surface area contributed by atoms with Gasteiger partial charge in [-0.3, -0.25) is 0 Å². The van der Waals surface area contributed by atoms with Gasteiger partial charge in [-0.2, -0.15) is 0 Å². The van der Waals surface area contributed by atoms with E-state index in [2.05, 4.69) is 6.92 Å². The Bertz CT molecular complexity index is 145. The van der Waals surface area contributed by atoms with Gasteiger partial charge in [-0.05, 0) is 19.8 Å². The lowest BCUT2D eigenvalue weighted by Crippen LogP contribution is -2.26. The van der Waals surface area contributed by atoms with Gasteiger partial charge in [0.1, 0.15) is 0 Å². The summed E-state index contributed by atoms with van der Waals surface area (Å²) >= 11 is 0. The number of carbonyl (C=O) groups is 1. The van der Waals surface area contributed by atoms with E-state index in [1.165, 1.54) is 6.42 Å². The van der Waals surface area contributed by atoms with E-state index in [-0.39, 0.29) is 12.1 Å². The molecule has 0 bridgehead atoms. The van der Waals surface area contributed by atoms with E-state index in [0.29, 0.717) is 19.6 Å². The number of ether oxygens (including phenoxy) is 2. The van der Waals surface area contributed by atoms with Crippen LogP contribution in [0, 0.1) is 0 Å². The third kappa shape index (κ3) is 5.97. The monoisotopic (exact) mass is 202 g/mol. The van der Waals surface area contributed by atoms with Gasteiger partial charge in [0.25, 0.3) is 0 Å². The lowest BCUT2D eigenvalue weighted by Gasteiger charge is -2.14. The smallest absolute Gasteiger partial charge is 0.335 e.